The second-order valence-corrected chi connectivity index (χ2v) is 6.51. The van der Waals surface area contributed by atoms with Gasteiger partial charge in [-0.05, 0) is 50.0 Å². The van der Waals surface area contributed by atoms with Gasteiger partial charge in [-0.3, -0.25) is 4.90 Å². The van der Waals surface area contributed by atoms with Crippen LogP contribution in [0.25, 0.3) is 0 Å². The maximum atomic E-state index is 5.30. The van der Waals surface area contributed by atoms with Crippen molar-refractivity contribution in [2.45, 2.75) is 38.6 Å². The van der Waals surface area contributed by atoms with E-state index >= 15 is 0 Å². The van der Waals surface area contributed by atoms with Crippen LogP contribution in [0, 0.1) is 0 Å². The van der Waals surface area contributed by atoms with Gasteiger partial charge in [-0.25, -0.2) is 9.97 Å². The van der Waals surface area contributed by atoms with Crippen LogP contribution in [0.1, 0.15) is 43.5 Å². The second-order valence-electron chi connectivity index (χ2n) is 6.51. The van der Waals surface area contributed by atoms with Crippen molar-refractivity contribution in [1.29, 1.82) is 0 Å². The normalized spacial score (nSPS) is 16.4. The molecule has 0 bridgehead atoms. The number of aryl methyl sites for hydroxylation is 1. The Hall–Kier alpha value is -2.14. The molecule has 1 atom stereocenters. The van der Waals surface area contributed by atoms with Gasteiger partial charge in [0.25, 0.3) is 0 Å². The number of rotatable bonds is 7. The van der Waals surface area contributed by atoms with Gasteiger partial charge in [0, 0.05) is 18.3 Å². The predicted molar refractivity (Wildman–Crippen MR) is 101 cm³/mol. The third kappa shape index (κ3) is 4.69. The third-order valence-corrected chi connectivity index (χ3v) is 4.89. The smallest absolute Gasteiger partial charge is 0.129 e. The largest absolute Gasteiger partial charge is 0.497 e. The molecule has 0 spiro atoms. The summed E-state index contributed by atoms with van der Waals surface area (Å²) in [5.41, 5.74) is 2.39. The minimum absolute atomic E-state index is 0.339. The fraction of sp³-hybridized carbons (Fsp3) is 0.500. The summed E-state index contributed by atoms with van der Waals surface area (Å²) in [5.74, 6) is 1.81. The molecule has 0 amide bonds. The van der Waals surface area contributed by atoms with Gasteiger partial charge in [-0.2, -0.15) is 0 Å². The number of nitrogens with one attached hydrogen (secondary N) is 1. The Balaban J connectivity index is 1.75. The van der Waals surface area contributed by atoms with Crippen LogP contribution >= 0.6 is 0 Å². The lowest BCUT2D eigenvalue weighted by Gasteiger charge is -2.35. The fourth-order valence-corrected chi connectivity index (χ4v) is 3.40. The van der Waals surface area contributed by atoms with Crippen LogP contribution in [0.2, 0.25) is 0 Å². The molecule has 25 heavy (non-hydrogen) atoms. The Kier molecular flexibility index (Phi) is 6.23. The van der Waals surface area contributed by atoms with E-state index in [9.17, 15) is 0 Å². The summed E-state index contributed by atoms with van der Waals surface area (Å²) in [4.78, 5) is 11.2. The van der Waals surface area contributed by atoms with Crippen LogP contribution in [-0.4, -0.2) is 41.6 Å². The standard InChI is InChI=1S/C20H28N4O/c1-3-17-13-20(23-15-22-17)21-14-19(24-11-5-4-6-12-24)16-7-9-18(25-2)10-8-16/h7-10,13,15,19H,3-6,11-12,14H2,1-2H3,(H,21,22,23). The molecule has 134 valence electrons. The molecule has 1 aromatic carbocycles. The third-order valence-electron chi connectivity index (χ3n) is 4.89. The number of ether oxygens (including phenoxy) is 1. The predicted octanol–water partition coefficient (Wildman–Crippen LogP) is 3.69. The zero-order chi connectivity index (χ0) is 17.5. The van der Waals surface area contributed by atoms with Crippen LogP contribution in [0.3, 0.4) is 0 Å². The van der Waals surface area contributed by atoms with Crippen molar-refractivity contribution in [1.82, 2.24) is 14.9 Å². The summed E-state index contributed by atoms with van der Waals surface area (Å²) in [6, 6.07) is 10.8. The lowest BCUT2D eigenvalue weighted by Crippen LogP contribution is -2.37. The van der Waals surface area contributed by atoms with Gasteiger partial charge in [-0.15, -0.1) is 0 Å². The highest BCUT2D eigenvalue weighted by atomic mass is 16.5. The number of hydrogen-bond donors (Lipinski definition) is 1. The van der Waals surface area contributed by atoms with Gasteiger partial charge in [0.2, 0.25) is 0 Å². The molecule has 1 aromatic heterocycles. The lowest BCUT2D eigenvalue weighted by atomic mass is 10.0. The first kappa shape index (κ1) is 17.7. The summed E-state index contributed by atoms with van der Waals surface area (Å²) >= 11 is 0. The summed E-state index contributed by atoms with van der Waals surface area (Å²) in [7, 11) is 1.71. The molecule has 5 heteroatoms. The quantitative estimate of drug-likeness (QED) is 0.833. The van der Waals surface area contributed by atoms with Crippen LogP contribution in [0.4, 0.5) is 5.82 Å². The van der Waals surface area contributed by atoms with Crippen LogP contribution in [0.15, 0.2) is 36.7 Å². The molecule has 1 fully saturated rings. The van der Waals surface area contributed by atoms with E-state index < -0.39 is 0 Å². The average Bonchev–Trinajstić information content (AvgIpc) is 2.69. The van der Waals surface area contributed by atoms with Crippen molar-refractivity contribution in [2.75, 3.05) is 32.1 Å². The number of piperidine rings is 1. The Morgan fingerprint density at radius 1 is 1.12 bits per heavy atom. The van der Waals surface area contributed by atoms with Gasteiger partial charge >= 0.3 is 0 Å². The number of anilines is 1. The highest BCUT2D eigenvalue weighted by molar-refractivity contribution is 5.36. The van der Waals surface area contributed by atoms with Gasteiger partial charge < -0.3 is 10.1 Å². The zero-order valence-electron chi connectivity index (χ0n) is 15.2. The SMILES string of the molecule is CCc1cc(NCC(c2ccc(OC)cc2)N2CCCCC2)ncn1. The molecule has 5 nitrogen and oxygen atoms in total. The molecule has 3 rings (SSSR count). The number of methoxy groups -OCH3 is 1. The fourth-order valence-electron chi connectivity index (χ4n) is 3.40. The van der Waals surface area contributed by atoms with E-state index in [-0.39, 0.29) is 0 Å². The van der Waals surface area contributed by atoms with E-state index in [2.05, 4.69) is 39.2 Å². The van der Waals surface area contributed by atoms with Crippen molar-refractivity contribution in [2.24, 2.45) is 0 Å². The molecule has 0 saturated carbocycles. The second kappa shape index (κ2) is 8.81. The molecular weight excluding hydrogens is 312 g/mol. The topological polar surface area (TPSA) is 50.3 Å². The van der Waals surface area contributed by atoms with E-state index in [0.29, 0.717) is 6.04 Å². The van der Waals surface area contributed by atoms with E-state index in [0.717, 1.165) is 43.3 Å². The first-order valence-corrected chi connectivity index (χ1v) is 9.23. The Morgan fingerprint density at radius 3 is 2.56 bits per heavy atom. The van der Waals surface area contributed by atoms with Crippen molar-refractivity contribution in [3.05, 3.63) is 47.9 Å². The molecule has 2 heterocycles. The molecule has 0 radical (unpaired) electrons. The summed E-state index contributed by atoms with van der Waals surface area (Å²) in [5, 5.41) is 3.52. The number of benzene rings is 1. The maximum Gasteiger partial charge on any atom is 0.129 e. The van der Waals surface area contributed by atoms with E-state index in [1.165, 1.54) is 24.8 Å². The van der Waals surface area contributed by atoms with E-state index in [1.54, 1.807) is 13.4 Å². The summed E-state index contributed by atoms with van der Waals surface area (Å²) in [6.45, 7) is 5.26. The highest BCUT2D eigenvalue weighted by Crippen LogP contribution is 2.26. The first-order valence-electron chi connectivity index (χ1n) is 9.23. The van der Waals surface area contributed by atoms with Crippen molar-refractivity contribution in [3.8, 4) is 5.75 Å². The molecule has 1 aliphatic rings. The van der Waals surface area contributed by atoms with Crippen LogP contribution in [-0.2, 0) is 6.42 Å². The number of hydrogen-bond acceptors (Lipinski definition) is 5. The first-order chi connectivity index (χ1) is 12.3. The number of nitrogens with zero attached hydrogens (tertiary/aromatic N) is 3. The Morgan fingerprint density at radius 2 is 1.88 bits per heavy atom. The zero-order valence-corrected chi connectivity index (χ0v) is 15.2. The lowest BCUT2D eigenvalue weighted by molar-refractivity contribution is 0.170. The molecule has 1 N–H and O–H groups in total. The van der Waals surface area contributed by atoms with Gasteiger partial charge in [-0.1, -0.05) is 25.5 Å². The Bertz CT molecular complexity index is 653. The minimum Gasteiger partial charge on any atom is -0.497 e. The van der Waals surface area contributed by atoms with Crippen molar-refractivity contribution in [3.63, 3.8) is 0 Å². The van der Waals surface area contributed by atoms with E-state index in [4.69, 9.17) is 4.74 Å². The summed E-state index contributed by atoms with van der Waals surface area (Å²) in [6.07, 6.45) is 6.46. The summed E-state index contributed by atoms with van der Waals surface area (Å²) < 4.78 is 5.30. The molecule has 1 saturated heterocycles. The molecular formula is C20H28N4O. The minimum atomic E-state index is 0.339. The highest BCUT2D eigenvalue weighted by Gasteiger charge is 2.22. The monoisotopic (exact) mass is 340 g/mol. The van der Waals surface area contributed by atoms with Crippen LogP contribution in [0.5, 0.6) is 5.75 Å². The number of aromatic nitrogens is 2. The van der Waals surface area contributed by atoms with E-state index in [1.807, 2.05) is 18.2 Å². The average molecular weight is 340 g/mol. The Labute approximate surface area is 150 Å². The van der Waals surface area contributed by atoms with Gasteiger partial charge in [0.1, 0.15) is 17.9 Å². The van der Waals surface area contributed by atoms with Crippen molar-refractivity contribution < 1.29 is 4.74 Å². The number of likely N-dealkylation sites (tertiary alicyclic amines) is 1. The maximum absolute atomic E-state index is 5.30. The van der Waals surface area contributed by atoms with Gasteiger partial charge in [0.15, 0.2) is 0 Å². The van der Waals surface area contributed by atoms with Crippen LogP contribution < -0.4 is 10.1 Å². The molecule has 0 aliphatic carbocycles. The van der Waals surface area contributed by atoms with Gasteiger partial charge in [0.05, 0.1) is 13.2 Å². The molecule has 1 unspecified atom stereocenters. The molecule has 2 aromatic rings. The van der Waals surface area contributed by atoms with Crippen molar-refractivity contribution >= 4 is 5.82 Å². The molecule has 1 aliphatic heterocycles.